The second-order valence-corrected chi connectivity index (χ2v) is 4.01. The van der Waals surface area contributed by atoms with Crippen molar-refractivity contribution in [1.29, 1.82) is 0 Å². The Morgan fingerprint density at radius 1 is 1.31 bits per heavy atom. The van der Waals surface area contributed by atoms with Crippen LogP contribution in [-0.2, 0) is 6.42 Å². The van der Waals surface area contributed by atoms with Gasteiger partial charge >= 0.3 is 0 Å². The number of hydrogen-bond acceptors (Lipinski definition) is 1. The summed E-state index contributed by atoms with van der Waals surface area (Å²) in [7, 11) is 2.09. The molecule has 0 unspecified atom stereocenters. The molecule has 0 N–H and O–H groups in total. The molecule has 0 heterocycles. The zero-order valence-electron chi connectivity index (χ0n) is 7.63. The molecule has 0 aromatic heterocycles. The molecule has 1 aromatic rings. The molecule has 0 aliphatic carbocycles. The van der Waals surface area contributed by atoms with Crippen molar-refractivity contribution < 1.29 is 0 Å². The van der Waals surface area contributed by atoms with Crippen molar-refractivity contribution >= 4 is 27.5 Å². The predicted molar refractivity (Wildman–Crippen MR) is 61.6 cm³/mol. The summed E-state index contributed by atoms with van der Waals surface area (Å²) in [5.41, 5.74) is 2.25. The molecule has 0 bridgehead atoms. The van der Waals surface area contributed by atoms with E-state index in [0.29, 0.717) is 0 Å². The molecule has 0 saturated heterocycles. The predicted octanol–water partition coefficient (Wildman–Crippen LogP) is 3.17. The Morgan fingerprint density at radius 3 is 2.46 bits per heavy atom. The van der Waals surface area contributed by atoms with E-state index < -0.39 is 0 Å². The van der Waals surface area contributed by atoms with E-state index >= 15 is 0 Å². The van der Waals surface area contributed by atoms with Gasteiger partial charge in [0.15, 0.2) is 0 Å². The van der Waals surface area contributed by atoms with Gasteiger partial charge in [0.25, 0.3) is 0 Å². The van der Waals surface area contributed by atoms with Gasteiger partial charge in [0.1, 0.15) is 0 Å². The van der Waals surface area contributed by atoms with Gasteiger partial charge in [-0.15, -0.1) is 0 Å². The van der Waals surface area contributed by atoms with Gasteiger partial charge in [0, 0.05) is 11.6 Å². The maximum atomic E-state index is 5.78. The fourth-order valence-corrected chi connectivity index (χ4v) is 1.41. The smallest absolute Gasteiger partial charge is 0.0539 e. The zero-order chi connectivity index (χ0) is 9.68. The first kappa shape index (κ1) is 11.0. The van der Waals surface area contributed by atoms with Crippen LogP contribution in [0.4, 0.5) is 0 Å². The van der Waals surface area contributed by atoms with Crippen LogP contribution in [0, 0.1) is 0 Å². The SMILES string of the molecule is CN(CBr)CCc1ccc(Cl)cc1. The van der Waals surface area contributed by atoms with Crippen molar-refractivity contribution in [3.8, 4) is 0 Å². The molecule has 3 heteroatoms. The van der Waals surface area contributed by atoms with Gasteiger partial charge in [-0.05, 0) is 31.2 Å². The van der Waals surface area contributed by atoms with Crippen LogP contribution in [0.15, 0.2) is 24.3 Å². The topological polar surface area (TPSA) is 3.24 Å². The van der Waals surface area contributed by atoms with Crippen LogP contribution in [0.25, 0.3) is 0 Å². The van der Waals surface area contributed by atoms with E-state index in [2.05, 4.69) is 40.0 Å². The molecule has 0 spiro atoms. The lowest BCUT2D eigenvalue weighted by molar-refractivity contribution is 0.401. The summed E-state index contributed by atoms with van der Waals surface area (Å²) in [4.78, 5) is 2.22. The second-order valence-electron chi connectivity index (χ2n) is 3.08. The van der Waals surface area contributed by atoms with Crippen molar-refractivity contribution in [3.63, 3.8) is 0 Å². The molecular formula is C10H13BrClN. The lowest BCUT2D eigenvalue weighted by Gasteiger charge is -2.12. The van der Waals surface area contributed by atoms with Crippen molar-refractivity contribution in [2.45, 2.75) is 6.42 Å². The van der Waals surface area contributed by atoms with E-state index in [0.717, 1.165) is 23.4 Å². The molecule has 0 aliphatic heterocycles. The summed E-state index contributed by atoms with van der Waals surface area (Å²) in [5, 5.41) is 0.803. The van der Waals surface area contributed by atoms with Gasteiger partial charge in [-0.2, -0.15) is 0 Å². The first-order valence-electron chi connectivity index (χ1n) is 4.21. The number of likely N-dealkylation sites (N-methyl/N-ethyl adjacent to an activating group) is 1. The first-order valence-corrected chi connectivity index (χ1v) is 5.71. The summed E-state index contributed by atoms with van der Waals surface area (Å²) in [6.45, 7) is 1.06. The quantitative estimate of drug-likeness (QED) is 0.595. The summed E-state index contributed by atoms with van der Waals surface area (Å²) < 4.78 is 0. The fourth-order valence-electron chi connectivity index (χ4n) is 1.03. The number of rotatable bonds is 4. The van der Waals surface area contributed by atoms with E-state index in [-0.39, 0.29) is 0 Å². The lowest BCUT2D eigenvalue weighted by Crippen LogP contribution is -2.18. The van der Waals surface area contributed by atoms with Gasteiger partial charge in [-0.3, -0.25) is 4.90 Å². The first-order chi connectivity index (χ1) is 6.22. The number of alkyl halides is 1. The average molecular weight is 263 g/mol. The molecular weight excluding hydrogens is 249 g/mol. The van der Waals surface area contributed by atoms with Crippen molar-refractivity contribution in [2.75, 3.05) is 19.0 Å². The Bertz CT molecular complexity index is 248. The summed E-state index contributed by atoms with van der Waals surface area (Å²) in [5.74, 6) is 0. The minimum Gasteiger partial charge on any atom is -0.296 e. The maximum Gasteiger partial charge on any atom is 0.0539 e. The van der Waals surface area contributed by atoms with Gasteiger partial charge in [0.05, 0.1) is 5.45 Å². The van der Waals surface area contributed by atoms with E-state index in [1.807, 2.05) is 12.1 Å². The third-order valence-corrected chi connectivity index (χ3v) is 3.01. The molecule has 72 valence electrons. The molecule has 1 rings (SSSR count). The number of halogens is 2. The second kappa shape index (κ2) is 5.63. The third-order valence-electron chi connectivity index (χ3n) is 1.90. The number of benzene rings is 1. The van der Waals surface area contributed by atoms with Crippen molar-refractivity contribution in [1.82, 2.24) is 4.90 Å². The zero-order valence-corrected chi connectivity index (χ0v) is 9.98. The Labute approximate surface area is 92.8 Å². The van der Waals surface area contributed by atoms with Gasteiger partial charge < -0.3 is 0 Å². The maximum absolute atomic E-state index is 5.78. The molecule has 0 saturated carbocycles. The highest BCUT2D eigenvalue weighted by Gasteiger charge is 1.96. The van der Waals surface area contributed by atoms with Gasteiger partial charge in [0.2, 0.25) is 0 Å². The van der Waals surface area contributed by atoms with Crippen LogP contribution in [0.3, 0.4) is 0 Å². The van der Waals surface area contributed by atoms with Crippen molar-refractivity contribution in [3.05, 3.63) is 34.9 Å². The highest BCUT2D eigenvalue weighted by Crippen LogP contribution is 2.10. The summed E-state index contributed by atoms with van der Waals surface area (Å²) in [6, 6.07) is 8.02. The number of nitrogens with zero attached hydrogens (tertiary/aromatic N) is 1. The van der Waals surface area contributed by atoms with Crippen LogP contribution in [0.1, 0.15) is 5.56 Å². The lowest BCUT2D eigenvalue weighted by atomic mass is 10.1. The van der Waals surface area contributed by atoms with E-state index in [1.54, 1.807) is 0 Å². The number of hydrogen-bond donors (Lipinski definition) is 0. The highest BCUT2D eigenvalue weighted by atomic mass is 79.9. The molecule has 0 fully saturated rings. The van der Waals surface area contributed by atoms with E-state index in [9.17, 15) is 0 Å². The van der Waals surface area contributed by atoms with Gasteiger partial charge in [-0.1, -0.05) is 39.7 Å². The Hall–Kier alpha value is -0.0500. The van der Waals surface area contributed by atoms with Crippen molar-refractivity contribution in [2.24, 2.45) is 0 Å². The molecule has 0 atom stereocenters. The monoisotopic (exact) mass is 261 g/mol. The highest BCUT2D eigenvalue weighted by molar-refractivity contribution is 9.09. The minimum absolute atomic E-state index is 0.803. The normalized spacial score (nSPS) is 10.8. The third kappa shape index (κ3) is 4.12. The molecule has 0 radical (unpaired) electrons. The summed E-state index contributed by atoms with van der Waals surface area (Å²) >= 11 is 9.19. The molecule has 0 amide bonds. The Balaban J connectivity index is 2.41. The standard InChI is InChI=1S/C10H13BrClN/c1-13(8-11)7-6-9-2-4-10(12)5-3-9/h2-5H,6-8H2,1H3. The van der Waals surface area contributed by atoms with Crippen LogP contribution in [0.5, 0.6) is 0 Å². The molecule has 1 nitrogen and oxygen atoms in total. The molecule has 0 aliphatic rings. The van der Waals surface area contributed by atoms with Gasteiger partial charge in [-0.25, -0.2) is 0 Å². The minimum atomic E-state index is 0.803. The fraction of sp³-hybridized carbons (Fsp3) is 0.400. The molecule has 13 heavy (non-hydrogen) atoms. The molecule has 1 aromatic carbocycles. The average Bonchev–Trinajstić information content (AvgIpc) is 2.16. The van der Waals surface area contributed by atoms with Crippen LogP contribution in [0.2, 0.25) is 5.02 Å². The summed E-state index contributed by atoms with van der Waals surface area (Å²) in [6.07, 6.45) is 1.07. The van der Waals surface area contributed by atoms with E-state index in [4.69, 9.17) is 11.6 Å². The Morgan fingerprint density at radius 2 is 1.92 bits per heavy atom. The Kier molecular flexibility index (Phi) is 4.78. The largest absolute Gasteiger partial charge is 0.296 e. The van der Waals surface area contributed by atoms with Crippen LogP contribution >= 0.6 is 27.5 Å². The van der Waals surface area contributed by atoms with Crippen LogP contribution < -0.4 is 0 Å². The van der Waals surface area contributed by atoms with Crippen LogP contribution in [-0.4, -0.2) is 23.9 Å². The van der Waals surface area contributed by atoms with E-state index in [1.165, 1.54) is 5.56 Å².